The van der Waals surface area contributed by atoms with Crippen LogP contribution < -0.4 is 5.32 Å². The quantitative estimate of drug-likeness (QED) is 0.466. The van der Waals surface area contributed by atoms with Crippen molar-refractivity contribution in [2.24, 2.45) is 10.2 Å². The van der Waals surface area contributed by atoms with E-state index in [2.05, 4.69) is 15.5 Å². The van der Waals surface area contributed by atoms with E-state index in [0.29, 0.717) is 16.9 Å². The van der Waals surface area contributed by atoms with E-state index >= 15 is 0 Å². The fraction of sp³-hybridized carbons (Fsp3) is 0.0455. The molecule has 0 atom stereocenters. The number of ether oxygens (including phenoxy) is 1. The lowest BCUT2D eigenvalue weighted by Gasteiger charge is -2.08. The summed E-state index contributed by atoms with van der Waals surface area (Å²) in [5, 5.41) is 29.0. The van der Waals surface area contributed by atoms with Gasteiger partial charge in [0.2, 0.25) is 0 Å². The molecule has 0 saturated heterocycles. The molecule has 30 heavy (non-hydrogen) atoms. The summed E-state index contributed by atoms with van der Waals surface area (Å²) in [5.74, 6) is -1.21. The Morgan fingerprint density at radius 1 is 0.967 bits per heavy atom. The maximum Gasteiger partial charge on any atom is 0.340 e. The highest BCUT2D eigenvalue weighted by molar-refractivity contribution is 5.98. The molecule has 0 radical (unpaired) electrons. The Bertz CT molecular complexity index is 1130. The predicted octanol–water partition coefficient (Wildman–Crippen LogP) is 4.47. The van der Waals surface area contributed by atoms with Gasteiger partial charge in [-0.2, -0.15) is 10.4 Å². The van der Waals surface area contributed by atoms with Crippen molar-refractivity contribution >= 4 is 28.9 Å². The number of hydrogen-bond donors (Lipinski definition) is 2. The van der Waals surface area contributed by atoms with Crippen molar-refractivity contribution in [1.82, 2.24) is 0 Å². The van der Waals surface area contributed by atoms with Gasteiger partial charge in [-0.1, -0.05) is 24.3 Å². The lowest BCUT2D eigenvalue weighted by Crippen LogP contribution is -2.21. The van der Waals surface area contributed by atoms with Crippen LogP contribution in [0.25, 0.3) is 0 Å². The number of carbonyl (C=O) groups excluding carboxylic acids is 2. The van der Waals surface area contributed by atoms with Crippen molar-refractivity contribution in [2.45, 2.75) is 0 Å². The highest BCUT2D eigenvalue weighted by Gasteiger charge is 2.15. The van der Waals surface area contributed by atoms with E-state index in [-0.39, 0.29) is 17.0 Å². The Morgan fingerprint density at radius 2 is 1.67 bits per heavy atom. The van der Waals surface area contributed by atoms with Gasteiger partial charge in [0.15, 0.2) is 6.61 Å². The number of nitrogens with one attached hydrogen (secondary N) is 1. The minimum Gasteiger partial charge on any atom is -0.508 e. The third kappa shape index (κ3) is 5.27. The summed E-state index contributed by atoms with van der Waals surface area (Å²) in [4.78, 5) is 24.5. The maximum absolute atomic E-state index is 12.4. The molecule has 1 amide bonds. The molecule has 0 bridgehead atoms. The summed E-state index contributed by atoms with van der Waals surface area (Å²) < 4.78 is 5.08. The molecule has 148 valence electrons. The monoisotopic (exact) mass is 400 g/mol. The SMILES string of the molecule is N#Cc1ccccc1NC(=O)COC(=O)c1ccccc1N=Nc1ccc(O)cc1. The summed E-state index contributed by atoms with van der Waals surface area (Å²) in [6, 6.07) is 21.0. The van der Waals surface area contributed by atoms with Gasteiger partial charge in [-0.05, 0) is 48.5 Å². The van der Waals surface area contributed by atoms with E-state index < -0.39 is 18.5 Å². The van der Waals surface area contributed by atoms with Gasteiger partial charge in [0, 0.05) is 0 Å². The zero-order valence-electron chi connectivity index (χ0n) is 15.6. The van der Waals surface area contributed by atoms with E-state index in [1.54, 1.807) is 54.6 Å². The third-order valence-electron chi connectivity index (χ3n) is 3.90. The zero-order chi connectivity index (χ0) is 21.3. The molecule has 0 spiro atoms. The van der Waals surface area contributed by atoms with E-state index in [0.717, 1.165) is 0 Å². The smallest absolute Gasteiger partial charge is 0.340 e. The normalized spacial score (nSPS) is 10.4. The fourth-order valence-electron chi connectivity index (χ4n) is 2.45. The van der Waals surface area contributed by atoms with Crippen molar-refractivity contribution < 1.29 is 19.4 Å². The van der Waals surface area contributed by atoms with Crippen LogP contribution in [0.2, 0.25) is 0 Å². The number of nitrogens with zero attached hydrogens (tertiary/aromatic N) is 3. The molecule has 0 fully saturated rings. The first kappa shape index (κ1) is 20.2. The van der Waals surface area contributed by atoms with Crippen molar-refractivity contribution in [2.75, 3.05) is 11.9 Å². The average Bonchev–Trinajstić information content (AvgIpc) is 2.77. The molecule has 3 aromatic carbocycles. The molecule has 3 rings (SSSR count). The summed E-state index contributed by atoms with van der Waals surface area (Å²) >= 11 is 0. The van der Waals surface area contributed by atoms with Crippen LogP contribution in [-0.4, -0.2) is 23.6 Å². The molecule has 3 aromatic rings. The zero-order valence-corrected chi connectivity index (χ0v) is 15.6. The van der Waals surface area contributed by atoms with Gasteiger partial charge in [-0.3, -0.25) is 4.79 Å². The fourth-order valence-corrected chi connectivity index (χ4v) is 2.45. The number of anilines is 1. The standard InChI is InChI=1S/C22H16N4O4/c23-13-15-5-1-3-7-19(15)24-21(28)14-30-22(29)18-6-2-4-8-20(18)26-25-16-9-11-17(27)12-10-16/h1-12,27H,14H2,(H,24,28). The first-order chi connectivity index (χ1) is 14.6. The van der Waals surface area contributed by atoms with E-state index in [9.17, 15) is 14.7 Å². The minimum absolute atomic E-state index is 0.105. The van der Waals surface area contributed by atoms with Crippen molar-refractivity contribution in [3.8, 4) is 11.8 Å². The topological polar surface area (TPSA) is 124 Å². The van der Waals surface area contributed by atoms with Gasteiger partial charge < -0.3 is 15.2 Å². The molecular weight excluding hydrogens is 384 g/mol. The molecular formula is C22H16N4O4. The lowest BCUT2D eigenvalue weighted by atomic mass is 10.2. The van der Waals surface area contributed by atoms with Crippen LogP contribution in [0.4, 0.5) is 17.1 Å². The van der Waals surface area contributed by atoms with E-state index in [1.165, 1.54) is 18.2 Å². The van der Waals surface area contributed by atoms with Crippen LogP contribution in [0.15, 0.2) is 83.0 Å². The second-order valence-corrected chi connectivity index (χ2v) is 6.02. The number of benzene rings is 3. The highest BCUT2D eigenvalue weighted by Crippen LogP contribution is 2.24. The number of para-hydroxylation sites is 1. The number of phenolic OH excluding ortho intramolecular Hbond substituents is 1. The summed E-state index contributed by atoms with van der Waals surface area (Å²) in [6.07, 6.45) is 0. The first-order valence-corrected chi connectivity index (χ1v) is 8.83. The van der Waals surface area contributed by atoms with Crippen LogP contribution in [0.5, 0.6) is 5.75 Å². The third-order valence-corrected chi connectivity index (χ3v) is 3.90. The number of carbonyl (C=O) groups is 2. The molecule has 0 aliphatic rings. The molecule has 0 aliphatic carbocycles. The average molecular weight is 400 g/mol. The number of hydrogen-bond acceptors (Lipinski definition) is 7. The maximum atomic E-state index is 12.4. The summed E-state index contributed by atoms with van der Waals surface area (Å²) in [6.45, 7) is -0.526. The van der Waals surface area contributed by atoms with Crippen molar-refractivity contribution in [3.63, 3.8) is 0 Å². The number of amides is 1. The molecule has 0 aromatic heterocycles. The van der Waals surface area contributed by atoms with Crippen LogP contribution in [0.1, 0.15) is 15.9 Å². The van der Waals surface area contributed by atoms with Crippen molar-refractivity contribution in [3.05, 3.63) is 83.9 Å². The van der Waals surface area contributed by atoms with Crippen LogP contribution in [0.3, 0.4) is 0 Å². The molecule has 8 heteroatoms. The number of rotatable bonds is 6. The number of aromatic hydroxyl groups is 1. The number of azo groups is 1. The van der Waals surface area contributed by atoms with E-state index in [4.69, 9.17) is 10.00 Å². The van der Waals surface area contributed by atoms with Crippen LogP contribution >= 0.6 is 0 Å². The second-order valence-electron chi connectivity index (χ2n) is 6.02. The van der Waals surface area contributed by atoms with Gasteiger partial charge in [0.05, 0.1) is 22.5 Å². The molecule has 0 saturated carbocycles. The first-order valence-electron chi connectivity index (χ1n) is 8.83. The van der Waals surface area contributed by atoms with Gasteiger partial charge in [0.25, 0.3) is 5.91 Å². The molecule has 8 nitrogen and oxygen atoms in total. The minimum atomic E-state index is -0.737. The van der Waals surface area contributed by atoms with Gasteiger partial charge in [-0.25, -0.2) is 4.79 Å². The number of esters is 1. The van der Waals surface area contributed by atoms with Crippen LogP contribution in [0, 0.1) is 11.3 Å². The predicted molar refractivity (Wildman–Crippen MR) is 109 cm³/mol. The Morgan fingerprint density at radius 3 is 2.43 bits per heavy atom. The Kier molecular flexibility index (Phi) is 6.48. The van der Waals surface area contributed by atoms with E-state index in [1.807, 2.05) is 6.07 Å². The Hall–Kier alpha value is -4.51. The van der Waals surface area contributed by atoms with Gasteiger partial charge >= 0.3 is 5.97 Å². The van der Waals surface area contributed by atoms with Gasteiger partial charge in [-0.15, -0.1) is 5.11 Å². The molecule has 0 aliphatic heterocycles. The number of nitriles is 1. The molecule has 0 heterocycles. The Labute approximate surface area is 172 Å². The van der Waals surface area contributed by atoms with Crippen molar-refractivity contribution in [1.29, 1.82) is 5.26 Å². The Balaban J connectivity index is 1.65. The van der Waals surface area contributed by atoms with Crippen LogP contribution in [-0.2, 0) is 9.53 Å². The highest BCUT2D eigenvalue weighted by atomic mass is 16.5. The summed E-state index contributed by atoms with van der Waals surface area (Å²) in [5.41, 5.74) is 1.55. The second kappa shape index (κ2) is 9.61. The summed E-state index contributed by atoms with van der Waals surface area (Å²) in [7, 11) is 0. The largest absolute Gasteiger partial charge is 0.508 e. The molecule has 2 N–H and O–H groups in total. The van der Waals surface area contributed by atoms with Gasteiger partial charge in [0.1, 0.15) is 17.5 Å². The lowest BCUT2D eigenvalue weighted by molar-refractivity contribution is -0.119. The molecule has 0 unspecified atom stereocenters. The number of phenols is 1.